The quantitative estimate of drug-likeness (QED) is 0.0262. The molecule has 0 N–H and O–H groups in total. The minimum absolute atomic E-state index is 0.0959. The molecule has 0 amide bonds. The second-order valence-electron chi connectivity index (χ2n) is 18.1. The third-order valence-electron chi connectivity index (χ3n) is 11.5. The van der Waals surface area contributed by atoms with Crippen molar-refractivity contribution < 1.29 is 28.6 Å². The van der Waals surface area contributed by atoms with E-state index in [1.165, 1.54) is 83.5 Å². The van der Waals surface area contributed by atoms with E-state index >= 15 is 0 Å². The molecule has 0 radical (unpaired) electrons. The molecule has 6 heteroatoms. The smallest absolute Gasteiger partial charge is 0.306 e. The van der Waals surface area contributed by atoms with Crippen LogP contribution in [-0.4, -0.2) is 37.2 Å². The molecule has 386 valence electrons. The first-order valence-corrected chi connectivity index (χ1v) is 27.9. The lowest BCUT2D eigenvalue weighted by molar-refractivity contribution is -0.167. The molecule has 0 aromatic carbocycles. The number of allylic oxidation sites excluding steroid dienone is 18. The number of unbranched alkanes of at least 4 members (excludes halogenated alkanes) is 20. The van der Waals surface area contributed by atoms with E-state index in [9.17, 15) is 14.4 Å². The topological polar surface area (TPSA) is 78.9 Å². The van der Waals surface area contributed by atoms with E-state index in [2.05, 4.69) is 130 Å². The Morgan fingerprint density at radius 2 is 0.588 bits per heavy atom. The average Bonchev–Trinajstić information content (AvgIpc) is 3.34. The molecule has 0 heterocycles. The normalized spacial score (nSPS) is 12.9. The summed E-state index contributed by atoms with van der Waals surface area (Å²) < 4.78 is 16.8. The number of hydrogen-bond donors (Lipinski definition) is 0. The van der Waals surface area contributed by atoms with Crippen LogP contribution in [0.25, 0.3) is 0 Å². The summed E-state index contributed by atoms with van der Waals surface area (Å²) in [6, 6.07) is 0. The summed E-state index contributed by atoms with van der Waals surface area (Å²) in [5.74, 6) is -0.952. The van der Waals surface area contributed by atoms with Crippen molar-refractivity contribution in [3.63, 3.8) is 0 Å². The summed E-state index contributed by atoms with van der Waals surface area (Å²) in [7, 11) is 0. The molecule has 0 spiro atoms. The zero-order valence-electron chi connectivity index (χ0n) is 44.1. The SMILES string of the molecule is CC/C=C\C/C=C\C/C=C\C/C=C\C/C=C\C/C=C\C/C=C\C/C=C\CCCCC(=O)OCC(COC(=O)CCCCCCC/C=C\CCCC)OC(=O)CCCCCCCCCCCCCC. The van der Waals surface area contributed by atoms with E-state index in [1.807, 2.05) is 0 Å². The number of rotatable bonds is 49. The van der Waals surface area contributed by atoms with E-state index in [1.54, 1.807) is 0 Å². The van der Waals surface area contributed by atoms with Crippen LogP contribution in [0, 0.1) is 0 Å². The second-order valence-corrected chi connectivity index (χ2v) is 18.1. The molecular weight excluding hydrogens is 841 g/mol. The van der Waals surface area contributed by atoms with Gasteiger partial charge in [0.2, 0.25) is 0 Å². The predicted molar refractivity (Wildman–Crippen MR) is 293 cm³/mol. The molecule has 0 fully saturated rings. The molecule has 68 heavy (non-hydrogen) atoms. The van der Waals surface area contributed by atoms with Crippen molar-refractivity contribution in [2.45, 2.75) is 252 Å². The highest BCUT2D eigenvalue weighted by Gasteiger charge is 2.19. The molecule has 0 aliphatic rings. The van der Waals surface area contributed by atoms with E-state index in [4.69, 9.17) is 14.2 Å². The number of ether oxygens (including phenoxy) is 3. The molecule has 0 saturated carbocycles. The molecule has 0 rings (SSSR count). The summed E-state index contributed by atoms with van der Waals surface area (Å²) in [6.07, 6.45) is 75.1. The molecular formula is C62H102O6. The van der Waals surface area contributed by atoms with Crippen LogP contribution in [0.15, 0.2) is 109 Å². The molecule has 1 atom stereocenters. The highest BCUT2D eigenvalue weighted by molar-refractivity contribution is 5.71. The molecule has 0 aliphatic heterocycles. The van der Waals surface area contributed by atoms with Crippen LogP contribution in [-0.2, 0) is 28.6 Å². The van der Waals surface area contributed by atoms with Crippen LogP contribution >= 0.6 is 0 Å². The molecule has 6 nitrogen and oxygen atoms in total. The third-order valence-corrected chi connectivity index (χ3v) is 11.5. The van der Waals surface area contributed by atoms with Gasteiger partial charge in [-0.2, -0.15) is 0 Å². The van der Waals surface area contributed by atoms with Gasteiger partial charge in [0.25, 0.3) is 0 Å². The average molecular weight is 943 g/mol. The standard InChI is InChI=1S/C62H102O6/c1-4-7-10-13-16-19-22-24-25-26-27-28-29-30-31-32-33-34-35-36-37-38-41-43-46-49-52-55-61(64)67-58-59(57-66-60(63)54-51-48-45-42-39-21-18-15-12-9-6-3)68-62(65)56-53-50-47-44-40-23-20-17-14-11-8-5-2/h7,10,15-16,18-19,24-25,27-28,30-31,33-34,36-37,41,43,59H,4-6,8-9,11-14,17,20-23,26,29,32,35,38-40,42,44-58H2,1-3H3/b10-7-,18-15-,19-16-,25-24-,28-27-,31-30-,34-33-,37-36-,43-41-. The van der Waals surface area contributed by atoms with Crippen LogP contribution in [0.1, 0.15) is 245 Å². The first-order valence-electron chi connectivity index (χ1n) is 27.9. The molecule has 0 aromatic heterocycles. The molecule has 1 unspecified atom stereocenters. The fraction of sp³-hybridized carbons (Fsp3) is 0.661. The first kappa shape index (κ1) is 64.1. The fourth-order valence-electron chi connectivity index (χ4n) is 7.32. The Labute approximate surface area is 419 Å². The van der Waals surface area contributed by atoms with Gasteiger partial charge in [0, 0.05) is 19.3 Å². The zero-order valence-corrected chi connectivity index (χ0v) is 44.1. The lowest BCUT2D eigenvalue weighted by Crippen LogP contribution is -2.30. The summed E-state index contributed by atoms with van der Waals surface area (Å²) in [6.45, 7) is 6.43. The molecule has 0 aromatic rings. The predicted octanol–water partition coefficient (Wildman–Crippen LogP) is 18.7. The maximum absolute atomic E-state index is 12.8. The number of hydrogen-bond acceptors (Lipinski definition) is 6. The van der Waals surface area contributed by atoms with Gasteiger partial charge in [-0.25, -0.2) is 0 Å². The summed E-state index contributed by atoms with van der Waals surface area (Å²) in [5, 5.41) is 0. The van der Waals surface area contributed by atoms with Crippen molar-refractivity contribution in [1.82, 2.24) is 0 Å². The minimum Gasteiger partial charge on any atom is -0.462 e. The van der Waals surface area contributed by atoms with Crippen molar-refractivity contribution in [1.29, 1.82) is 0 Å². The Morgan fingerprint density at radius 3 is 0.985 bits per heavy atom. The lowest BCUT2D eigenvalue weighted by atomic mass is 10.0. The van der Waals surface area contributed by atoms with E-state index in [0.29, 0.717) is 19.3 Å². The highest BCUT2D eigenvalue weighted by atomic mass is 16.6. The van der Waals surface area contributed by atoms with Crippen LogP contribution < -0.4 is 0 Å². The van der Waals surface area contributed by atoms with Crippen molar-refractivity contribution in [2.75, 3.05) is 13.2 Å². The van der Waals surface area contributed by atoms with Gasteiger partial charge in [0.05, 0.1) is 0 Å². The van der Waals surface area contributed by atoms with Gasteiger partial charge < -0.3 is 14.2 Å². The summed E-state index contributed by atoms with van der Waals surface area (Å²) in [5.41, 5.74) is 0. The summed E-state index contributed by atoms with van der Waals surface area (Å²) >= 11 is 0. The first-order chi connectivity index (χ1) is 33.5. The van der Waals surface area contributed by atoms with Crippen LogP contribution in [0.2, 0.25) is 0 Å². The van der Waals surface area contributed by atoms with Gasteiger partial charge >= 0.3 is 17.9 Å². The van der Waals surface area contributed by atoms with E-state index in [0.717, 1.165) is 122 Å². The van der Waals surface area contributed by atoms with E-state index < -0.39 is 6.10 Å². The van der Waals surface area contributed by atoms with Gasteiger partial charge in [-0.1, -0.05) is 233 Å². The summed E-state index contributed by atoms with van der Waals surface area (Å²) in [4.78, 5) is 38.0. The molecule has 0 saturated heterocycles. The lowest BCUT2D eigenvalue weighted by Gasteiger charge is -2.18. The Bertz CT molecular complexity index is 1410. The maximum atomic E-state index is 12.8. The Kier molecular flexibility index (Phi) is 52.4. The van der Waals surface area contributed by atoms with Gasteiger partial charge in [0.15, 0.2) is 6.10 Å². The van der Waals surface area contributed by atoms with Gasteiger partial charge in [-0.15, -0.1) is 0 Å². The Balaban J connectivity index is 4.37. The number of carbonyl (C=O) groups is 3. The number of esters is 3. The van der Waals surface area contributed by atoms with Gasteiger partial charge in [-0.3, -0.25) is 14.4 Å². The van der Waals surface area contributed by atoms with Crippen molar-refractivity contribution >= 4 is 17.9 Å². The molecule has 0 bridgehead atoms. The van der Waals surface area contributed by atoms with Crippen molar-refractivity contribution in [3.05, 3.63) is 109 Å². The highest BCUT2D eigenvalue weighted by Crippen LogP contribution is 2.14. The van der Waals surface area contributed by atoms with Crippen LogP contribution in [0.4, 0.5) is 0 Å². The Morgan fingerprint density at radius 1 is 0.309 bits per heavy atom. The van der Waals surface area contributed by atoms with E-state index in [-0.39, 0.29) is 31.1 Å². The largest absolute Gasteiger partial charge is 0.462 e. The molecule has 0 aliphatic carbocycles. The fourth-order valence-corrected chi connectivity index (χ4v) is 7.32. The second kappa shape index (κ2) is 55.7. The monoisotopic (exact) mass is 943 g/mol. The van der Waals surface area contributed by atoms with Gasteiger partial charge in [-0.05, 0) is 103 Å². The van der Waals surface area contributed by atoms with Crippen LogP contribution in [0.5, 0.6) is 0 Å². The zero-order chi connectivity index (χ0) is 49.3. The Hall–Kier alpha value is -3.93. The minimum atomic E-state index is -0.798. The van der Waals surface area contributed by atoms with Crippen molar-refractivity contribution in [3.8, 4) is 0 Å². The number of carbonyl (C=O) groups excluding carboxylic acids is 3. The van der Waals surface area contributed by atoms with Crippen molar-refractivity contribution in [2.24, 2.45) is 0 Å². The third kappa shape index (κ3) is 53.0. The maximum Gasteiger partial charge on any atom is 0.306 e. The van der Waals surface area contributed by atoms with Crippen LogP contribution in [0.3, 0.4) is 0 Å². The van der Waals surface area contributed by atoms with Gasteiger partial charge in [0.1, 0.15) is 13.2 Å².